The normalized spacial score (nSPS) is 10.6. The molecule has 5 nitrogen and oxygen atoms in total. The summed E-state index contributed by atoms with van der Waals surface area (Å²) in [6.07, 6.45) is 0. The van der Waals surface area contributed by atoms with Crippen molar-refractivity contribution in [2.45, 2.75) is 20.0 Å². The Kier molecular flexibility index (Phi) is 5.03. The summed E-state index contributed by atoms with van der Waals surface area (Å²) in [5, 5.41) is 7.24. The molecule has 1 aromatic heterocycles. The van der Waals surface area contributed by atoms with Crippen LogP contribution < -0.4 is 14.8 Å². The van der Waals surface area contributed by atoms with Crippen LogP contribution in [0.3, 0.4) is 0 Å². The first-order valence-corrected chi connectivity index (χ1v) is 6.96. The van der Waals surface area contributed by atoms with E-state index in [9.17, 15) is 0 Å². The number of benzene rings is 1. The van der Waals surface area contributed by atoms with Gasteiger partial charge in [-0.3, -0.25) is 0 Å². The quantitative estimate of drug-likeness (QED) is 0.875. The predicted octanol–water partition coefficient (Wildman–Crippen LogP) is 3.05. The highest BCUT2D eigenvalue weighted by atomic mass is 79.9. The van der Waals surface area contributed by atoms with Crippen molar-refractivity contribution in [1.82, 2.24) is 10.5 Å². The average Bonchev–Trinajstić information content (AvgIpc) is 2.83. The van der Waals surface area contributed by atoms with E-state index < -0.39 is 0 Å². The van der Waals surface area contributed by atoms with Gasteiger partial charge in [0.15, 0.2) is 11.5 Å². The summed E-state index contributed by atoms with van der Waals surface area (Å²) in [5.41, 5.74) is 1.98. The van der Waals surface area contributed by atoms with Crippen molar-refractivity contribution in [3.63, 3.8) is 0 Å². The van der Waals surface area contributed by atoms with E-state index in [0.717, 1.165) is 21.5 Å². The highest BCUT2D eigenvalue weighted by Crippen LogP contribution is 2.36. The molecule has 1 aromatic carbocycles. The second-order valence-corrected chi connectivity index (χ2v) is 5.20. The Balaban J connectivity index is 2.01. The Morgan fingerprint density at radius 1 is 1.20 bits per heavy atom. The van der Waals surface area contributed by atoms with Crippen LogP contribution in [0.25, 0.3) is 0 Å². The van der Waals surface area contributed by atoms with Crippen LogP contribution in [-0.2, 0) is 13.1 Å². The summed E-state index contributed by atoms with van der Waals surface area (Å²) in [5.74, 6) is 2.22. The third-order valence-electron chi connectivity index (χ3n) is 2.81. The number of nitrogens with one attached hydrogen (secondary N) is 1. The zero-order valence-corrected chi connectivity index (χ0v) is 13.3. The molecule has 0 fully saturated rings. The first-order chi connectivity index (χ1) is 9.63. The van der Waals surface area contributed by atoms with Gasteiger partial charge in [0, 0.05) is 19.2 Å². The van der Waals surface area contributed by atoms with E-state index in [2.05, 4.69) is 26.4 Å². The maximum absolute atomic E-state index is 5.32. The number of halogens is 1. The van der Waals surface area contributed by atoms with Gasteiger partial charge in [0.2, 0.25) is 0 Å². The Morgan fingerprint density at radius 3 is 2.60 bits per heavy atom. The van der Waals surface area contributed by atoms with Crippen LogP contribution in [0.1, 0.15) is 17.0 Å². The molecule has 0 unspecified atom stereocenters. The lowest BCUT2D eigenvalue weighted by Gasteiger charge is -2.12. The summed E-state index contributed by atoms with van der Waals surface area (Å²) in [6.45, 7) is 3.23. The minimum absolute atomic E-state index is 0.656. The summed E-state index contributed by atoms with van der Waals surface area (Å²) >= 11 is 3.48. The van der Waals surface area contributed by atoms with Crippen LogP contribution in [0.15, 0.2) is 27.2 Å². The standard InChI is InChI=1S/C14H17BrN2O3/c1-9-4-11(17-20-9)8-16-7-10-5-12(15)14(19-3)13(6-10)18-2/h4-6,16H,7-8H2,1-3H3. The van der Waals surface area contributed by atoms with Crippen molar-refractivity contribution in [1.29, 1.82) is 0 Å². The Bertz CT molecular complexity index is 584. The van der Waals surface area contributed by atoms with E-state index in [1.165, 1.54) is 0 Å². The molecule has 20 heavy (non-hydrogen) atoms. The second-order valence-electron chi connectivity index (χ2n) is 4.35. The number of methoxy groups -OCH3 is 2. The lowest BCUT2D eigenvalue weighted by atomic mass is 10.2. The minimum atomic E-state index is 0.656. The van der Waals surface area contributed by atoms with E-state index in [0.29, 0.717) is 24.6 Å². The van der Waals surface area contributed by atoms with Crippen molar-refractivity contribution in [2.75, 3.05) is 14.2 Å². The number of aryl methyl sites for hydroxylation is 1. The number of hydrogen-bond acceptors (Lipinski definition) is 5. The smallest absolute Gasteiger partial charge is 0.174 e. The molecule has 2 aromatic rings. The first kappa shape index (κ1) is 14.9. The molecule has 0 aliphatic rings. The van der Waals surface area contributed by atoms with Crippen LogP contribution in [0.4, 0.5) is 0 Å². The molecule has 0 saturated carbocycles. The fourth-order valence-corrected chi connectivity index (χ4v) is 2.56. The Morgan fingerprint density at radius 2 is 2.00 bits per heavy atom. The van der Waals surface area contributed by atoms with Crippen molar-refractivity contribution in [3.05, 3.63) is 39.7 Å². The molecule has 6 heteroatoms. The zero-order chi connectivity index (χ0) is 14.5. The van der Waals surface area contributed by atoms with Crippen LogP contribution in [0.2, 0.25) is 0 Å². The first-order valence-electron chi connectivity index (χ1n) is 6.17. The topological polar surface area (TPSA) is 56.5 Å². The molecule has 0 bridgehead atoms. The molecule has 1 heterocycles. The van der Waals surface area contributed by atoms with Gasteiger partial charge < -0.3 is 19.3 Å². The third kappa shape index (κ3) is 3.52. The maximum Gasteiger partial charge on any atom is 0.174 e. The number of aromatic nitrogens is 1. The van der Waals surface area contributed by atoms with Crippen molar-refractivity contribution in [3.8, 4) is 11.5 Å². The lowest BCUT2D eigenvalue weighted by Crippen LogP contribution is -2.13. The molecule has 0 aliphatic carbocycles. The highest BCUT2D eigenvalue weighted by molar-refractivity contribution is 9.10. The van der Waals surface area contributed by atoms with E-state index in [-0.39, 0.29) is 0 Å². The van der Waals surface area contributed by atoms with Crippen LogP contribution in [0.5, 0.6) is 11.5 Å². The molecule has 0 saturated heterocycles. The molecule has 2 rings (SSSR count). The SMILES string of the molecule is COc1cc(CNCc2cc(C)on2)cc(Br)c1OC. The maximum atomic E-state index is 5.32. The monoisotopic (exact) mass is 340 g/mol. The van der Waals surface area contributed by atoms with Crippen molar-refractivity contribution in [2.24, 2.45) is 0 Å². The molecule has 0 aliphatic heterocycles. The van der Waals surface area contributed by atoms with Crippen LogP contribution in [-0.4, -0.2) is 19.4 Å². The molecule has 0 spiro atoms. The summed E-state index contributed by atoms with van der Waals surface area (Å²) in [6, 6.07) is 5.87. The van der Waals surface area contributed by atoms with Gasteiger partial charge in [-0.05, 0) is 40.5 Å². The minimum Gasteiger partial charge on any atom is -0.493 e. The fourth-order valence-electron chi connectivity index (χ4n) is 1.91. The number of nitrogens with zero attached hydrogens (tertiary/aromatic N) is 1. The fraction of sp³-hybridized carbons (Fsp3) is 0.357. The molecular formula is C14H17BrN2O3. The molecular weight excluding hydrogens is 324 g/mol. The van der Waals surface area contributed by atoms with E-state index >= 15 is 0 Å². The van der Waals surface area contributed by atoms with Gasteiger partial charge in [-0.15, -0.1) is 0 Å². The van der Waals surface area contributed by atoms with Gasteiger partial charge in [0.05, 0.1) is 24.4 Å². The van der Waals surface area contributed by atoms with Crippen LogP contribution in [0, 0.1) is 6.92 Å². The molecule has 0 radical (unpaired) electrons. The molecule has 108 valence electrons. The summed E-state index contributed by atoms with van der Waals surface area (Å²) < 4.78 is 16.5. The van der Waals surface area contributed by atoms with E-state index in [1.807, 2.05) is 25.1 Å². The van der Waals surface area contributed by atoms with Crippen LogP contribution >= 0.6 is 15.9 Å². The lowest BCUT2D eigenvalue weighted by molar-refractivity contribution is 0.352. The second kappa shape index (κ2) is 6.76. The van der Waals surface area contributed by atoms with Gasteiger partial charge in [-0.1, -0.05) is 5.16 Å². The van der Waals surface area contributed by atoms with Gasteiger partial charge in [-0.25, -0.2) is 0 Å². The highest BCUT2D eigenvalue weighted by Gasteiger charge is 2.10. The van der Waals surface area contributed by atoms with Gasteiger partial charge >= 0.3 is 0 Å². The molecule has 0 amide bonds. The zero-order valence-electron chi connectivity index (χ0n) is 11.7. The van der Waals surface area contributed by atoms with Gasteiger partial charge in [0.25, 0.3) is 0 Å². The number of rotatable bonds is 6. The Hall–Kier alpha value is -1.53. The predicted molar refractivity (Wildman–Crippen MR) is 79.0 cm³/mol. The number of ether oxygens (including phenoxy) is 2. The van der Waals surface area contributed by atoms with Gasteiger partial charge in [-0.2, -0.15) is 0 Å². The van der Waals surface area contributed by atoms with E-state index in [1.54, 1.807) is 14.2 Å². The average molecular weight is 341 g/mol. The Labute approximate surface area is 126 Å². The molecule has 1 N–H and O–H groups in total. The van der Waals surface area contributed by atoms with Crippen molar-refractivity contribution >= 4 is 15.9 Å². The summed E-state index contributed by atoms with van der Waals surface area (Å²) in [7, 11) is 3.24. The number of hydrogen-bond donors (Lipinski definition) is 1. The molecule has 0 atom stereocenters. The van der Waals surface area contributed by atoms with E-state index in [4.69, 9.17) is 14.0 Å². The van der Waals surface area contributed by atoms with Gasteiger partial charge in [0.1, 0.15) is 5.76 Å². The third-order valence-corrected chi connectivity index (χ3v) is 3.39. The summed E-state index contributed by atoms with van der Waals surface area (Å²) in [4.78, 5) is 0. The largest absolute Gasteiger partial charge is 0.493 e. The van der Waals surface area contributed by atoms with Crippen molar-refractivity contribution < 1.29 is 14.0 Å².